The van der Waals surface area contributed by atoms with Crippen LogP contribution in [0.2, 0.25) is 0 Å². The number of likely N-dealkylation sites (tertiary alicyclic amines) is 1. The van der Waals surface area contributed by atoms with Crippen LogP contribution in [0.15, 0.2) is 45.6 Å². The smallest absolute Gasteiger partial charge is 0.241 e. The summed E-state index contributed by atoms with van der Waals surface area (Å²) >= 11 is 3.47. The van der Waals surface area contributed by atoms with E-state index < -0.39 is 0 Å². The Morgan fingerprint density at radius 3 is 3.04 bits per heavy atom. The van der Waals surface area contributed by atoms with Crippen molar-refractivity contribution in [2.45, 2.75) is 25.3 Å². The average Bonchev–Trinajstić information content (AvgIpc) is 3.41. The molecule has 4 aromatic rings. The van der Waals surface area contributed by atoms with Gasteiger partial charge in [-0.05, 0) is 43.0 Å². The van der Waals surface area contributed by atoms with Crippen LogP contribution in [0.5, 0.6) is 0 Å². The maximum atomic E-state index is 5.47. The topological polar surface area (TPSA) is 55.1 Å². The average molecular weight is 383 g/mol. The first-order chi connectivity index (χ1) is 12.8. The Morgan fingerprint density at radius 1 is 1.19 bits per heavy atom. The molecule has 3 aromatic heterocycles. The Hall–Kier alpha value is -2.09. The van der Waals surface area contributed by atoms with E-state index in [1.165, 1.54) is 22.5 Å². The maximum absolute atomic E-state index is 5.47. The van der Waals surface area contributed by atoms with Gasteiger partial charge in [-0.15, -0.1) is 11.3 Å². The van der Waals surface area contributed by atoms with Gasteiger partial charge in [0.15, 0.2) is 0 Å². The van der Waals surface area contributed by atoms with Gasteiger partial charge in [0.05, 0.1) is 21.8 Å². The predicted octanol–water partition coefficient (Wildman–Crippen LogP) is 4.79. The number of aromatic nitrogens is 3. The van der Waals surface area contributed by atoms with E-state index in [-0.39, 0.29) is 0 Å². The van der Waals surface area contributed by atoms with Crippen molar-refractivity contribution < 1.29 is 4.52 Å². The van der Waals surface area contributed by atoms with Gasteiger partial charge >= 0.3 is 0 Å². The number of hydrogen-bond donors (Lipinski definition) is 0. The molecule has 7 heteroatoms. The standard InChI is InChI=1S/C19H18N4OS2/c1-2-6-16-15(5-1)20-19(26-16)13-4-3-8-23(10-13)11-17-21-18(22-24-17)14-7-9-25-12-14/h1-2,5-7,9,12-13H,3-4,8,10-11H2/t13-/m0/s1. The Kier molecular flexibility index (Phi) is 4.28. The van der Waals surface area contributed by atoms with Gasteiger partial charge in [-0.2, -0.15) is 16.3 Å². The lowest BCUT2D eigenvalue weighted by molar-refractivity contribution is 0.177. The largest absolute Gasteiger partial charge is 0.338 e. The molecule has 0 saturated carbocycles. The molecule has 5 rings (SSSR count). The highest BCUT2D eigenvalue weighted by Gasteiger charge is 2.25. The molecule has 1 atom stereocenters. The zero-order chi connectivity index (χ0) is 17.3. The number of nitrogens with zero attached hydrogens (tertiary/aromatic N) is 4. The maximum Gasteiger partial charge on any atom is 0.241 e. The third-order valence-electron chi connectivity index (χ3n) is 4.77. The van der Waals surface area contributed by atoms with Crippen molar-refractivity contribution >= 4 is 32.9 Å². The first-order valence-corrected chi connectivity index (χ1v) is 10.5. The number of rotatable bonds is 4. The van der Waals surface area contributed by atoms with Crippen molar-refractivity contribution in [1.82, 2.24) is 20.0 Å². The third kappa shape index (κ3) is 3.18. The van der Waals surface area contributed by atoms with Gasteiger partial charge < -0.3 is 4.52 Å². The molecule has 0 N–H and O–H groups in total. The molecule has 1 aromatic carbocycles. The molecule has 1 saturated heterocycles. The highest BCUT2D eigenvalue weighted by atomic mass is 32.1. The van der Waals surface area contributed by atoms with E-state index in [2.05, 4.69) is 39.3 Å². The Morgan fingerprint density at radius 2 is 2.15 bits per heavy atom. The van der Waals surface area contributed by atoms with Gasteiger partial charge in [0.1, 0.15) is 0 Å². The van der Waals surface area contributed by atoms with Crippen LogP contribution in [0.3, 0.4) is 0 Å². The summed E-state index contributed by atoms with van der Waals surface area (Å²) in [4.78, 5) is 11.8. The number of thiazole rings is 1. The summed E-state index contributed by atoms with van der Waals surface area (Å²) in [6, 6.07) is 10.4. The van der Waals surface area contributed by atoms with E-state index in [1.54, 1.807) is 11.3 Å². The third-order valence-corrected chi connectivity index (χ3v) is 6.65. The van der Waals surface area contributed by atoms with Crippen molar-refractivity contribution in [3.05, 3.63) is 52.0 Å². The van der Waals surface area contributed by atoms with Crippen LogP contribution in [0, 0.1) is 0 Å². The Bertz CT molecular complexity index is 975. The van der Waals surface area contributed by atoms with E-state index >= 15 is 0 Å². The monoisotopic (exact) mass is 382 g/mol. The van der Waals surface area contributed by atoms with Gasteiger partial charge in [0.25, 0.3) is 0 Å². The SMILES string of the molecule is c1ccc2sc([C@H]3CCCN(Cc4nc(-c5ccsc5)no4)C3)nc2c1. The van der Waals surface area contributed by atoms with Crippen LogP contribution in [0.25, 0.3) is 21.6 Å². The number of hydrogen-bond acceptors (Lipinski definition) is 7. The normalized spacial score (nSPS) is 18.5. The molecule has 0 radical (unpaired) electrons. The first-order valence-electron chi connectivity index (χ1n) is 8.78. The summed E-state index contributed by atoms with van der Waals surface area (Å²) in [5.41, 5.74) is 2.14. The summed E-state index contributed by atoms with van der Waals surface area (Å²) in [7, 11) is 0. The molecule has 1 fully saturated rings. The van der Waals surface area contributed by atoms with Gasteiger partial charge in [0, 0.05) is 23.4 Å². The number of benzene rings is 1. The molecule has 132 valence electrons. The second-order valence-corrected chi connectivity index (χ2v) is 8.46. The van der Waals surface area contributed by atoms with Crippen LogP contribution in [-0.4, -0.2) is 33.1 Å². The summed E-state index contributed by atoms with van der Waals surface area (Å²) in [5, 5.41) is 9.43. The van der Waals surface area contributed by atoms with Crippen molar-refractivity contribution in [1.29, 1.82) is 0 Å². The van der Waals surface area contributed by atoms with Crippen LogP contribution >= 0.6 is 22.7 Å². The Balaban J connectivity index is 1.30. The number of fused-ring (bicyclic) bond motifs is 1. The summed E-state index contributed by atoms with van der Waals surface area (Å²) in [6.45, 7) is 2.77. The molecule has 1 aliphatic rings. The first kappa shape index (κ1) is 16.1. The fraction of sp³-hybridized carbons (Fsp3) is 0.316. The summed E-state index contributed by atoms with van der Waals surface area (Å²) < 4.78 is 6.74. The Labute approximate surface area is 159 Å². The van der Waals surface area contributed by atoms with Crippen molar-refractivity contribution in [2.75, 3.05) is 13.1 Å². The minimum Gasteiger partial charge on any atom is -0.338 e. The molecule has 0 spiro atoms. The lowest BCUT2D eigenvalue weighted by Crippen LogP contribution is -2.33. The number of para-hydroxylation sites is 1. The van der Waals surface area contributed by atoms with E-state index in [0.29, 0.717) is 24.2 Å². The van der Waals surface area contributed by atoms with Gasteiger partial charge in [0.2, 0.25) is 11.7 Å². The van der Waals surface area contributed by atoms with Gasteiger partial charge in [-0.3, -0.25) is 4.90 Å². The summed E-state index contributed by atoms with van der Waals surface area (Å²) in [6.07, 6.45) is 2.37. The zero-order valence-corrected chi connectivity index (χ0v) is 15.8. The van der Waals surface area contributed by atoms with E-state index in [0.717, 1.165) is 24.2 Å². The fourth-order valence-electron chi connectivity index (χ4n) is 3.48. The molecule has 0 amide bonds. The number of piperidine rings is 1. The lowest BCUT2D eigenvalue weighted by atomic mass is 9.99. The number of thiophene rings is 1. The predicted molar refractivity (Wildman–Crippen MR) is 104 cm³/mol. The molecule has 0 bridgehead atoms. The summed E-state index contributed by atoms with van der Waals surface area (Å²) in [5.74, 6) is 1.86. The van der Waals surface area contributed by atoms with Crippen LogP contribution < -0.4 is 0 Å². The second kappa shape index (κ2) is 6.90. The highest BCUT2D eigenvalue weighted by Crippen LogP contribution is 2.33. The molecule has 1 aliphatic heterocycles. The minimum absolute atomic E-state index is 0.486. The molecule has 0 aliphatic carbocycles. The van der Waals surface area contributed by atoms with Crippen molar-refractivity contribution in [3.63, 3.8) is 0 Å². The van der Waals surface area contributed by atoms with E-state index in [9.17, 15) is 0 Å². The zero-order valence-electron chi connectivity index (χ0n) is 14.2. The lowest BCUT2D eigenvalue weighted by Gasteiger charge is -2.30. The highest BCUT2D eigenvalue weighted by molar-refractivity contribution is 7.18. The van der Waals surface area contributed by atoms with E-state index in [1.807, 2.05) is 28.2 Å². The molecular weight excluding hydrogens is 364 g/mol. The van der Waals surface area contributed by atoms with Crippen molar-refractivity contribution in [3.8, 4) is 11.4 Å². The molecule has 4 heterocycles. The van der Waals surface area contributed by atoms with Crippen LogP contribution in [-0.2, 0) is 6.54 Å². The van der Waals surface area contributed by atoms with Gasteiger partial charge in [-0.25, -0.2) is 4.98 Å². The van der Waals surface area contributed by atoms with Crippen molar-refractivity contribution in [2.24, 2.45) is 0 Å². The second-order valence-electron chi connectivity index (χ2n) is 6.62. The molecule has 5 nitrogen and oxygen atoms in total. The van der Waals surface area contributed by atoms with Gasteiger partial charge in [-0.1, -0.05) is 17.3 Å². The fourth-order valence-corrected chi connectivity index (χ4v) is 5.21. The molecule has 26 heavy (non-hydrogen) atoms. The van der Waals surface area contributed by atoms with E-state index in [4.69, 9.17) is 9.51 Å². The molecular formula is C19H18N4OS2. The van der Waals surface area contributed by atoms with Crippen LogP contribution in [0.4, 0.5) is 0 Å². The van der Waals surface area contributed by atoms with Crippen LogP contribution in [0.1, 0.15) is 29.7 Å². The quantitative estimate of drug-likeness (QED) is 0.508. The molecule has 0 unspecified atom stereocenters. The minimum atomic E-state index is 0.486.